The third-order valence-corrected chi connectivity index (χ3v) is 3.28. The van der Waals surface area contributed by atoms with Crippen molar-refractivity contribution >= 4 is 5.82 Å². The molecule has 0 aliphatic carbocycles. The first-order chi connectivity index (χ1) is 11.1. The second kappa shape index (κ2) is 6.43. The van der Waals surface area contributed by atoms with Gasteiger partial charge in [0.15, 0.2) is 17.5 Å². The van der Waals surface area contributed by atoms with Gasteiger partial charge in [0.05, 0.1) is 5.69 Å². The van der Waals surface area contributed by atoms with E-state index in [1.807, 2.05) is 19.1 Å². The fraction of sp³-hybridized carbons (Fsp3) is 0.188. The summed E-state index contributed by atoms with van der Waals surface area (Å²) in [5, 5.41) is 2.92. The second-order valence-electron chi connectivity index (χ2n) is 5.08. The Hall–Kier alpha value is -2.96. The summed E-state index contributed by atoms with van der Waals surface area (Å²) in [5.74, 6) is 0.354. The van der Waals surface area contributed by atoms with Crippen molar-refractivity contribution in [1.29, 1.82) is 0 Å². The quantitative estimate of drug-likeness (QED) is 0.798. The molecule has 3 rings (SSSR count). The molecule has 3 aromatic heterocycles. The van der Waals surface area contributed by atoms with Crippen molar-refractivity contribution in [2.45, 2.75) is 20.4 Å². The molecule has 0 aromatic carbocycles. The Bertz CT molecular complexity index is 819. The van der Waals surface area contributed by atoms with Crippen LogP contribution in [0.5, 0.6) is 0 Å². The number of hydrogen-bond acceptors (Lipinski definition) is 6. The number of aromatic nitrogens is 5. The molecule has 0 fully saturated rings. The number of nitrogens with zero attached hydrogens (tertiary/aromatic N) is 5. The van der Waals surface area contributed by atoms with Crippen LogP contribution in [0.1, 0.15) is 17.0 Å². The van der Waals surface area contributed by atoms with Crippen LogP contribution in [0.4, 0.5) is 10.2 Å². The van der Waals surface area contributed by atoms with E-state index in [2.05, 4.69) is 30.2 Å². The molecular formula is C16H15FN6. The van der Waals surface area contributed by atoms with Gasteiger partial charge in [-0.2, -0.15) is 0 Å². The minimum Gasteiger partial charge on any atom is -0.363 e. The summed E-state index contributed by atoms with van der Waals surface area (Å²) in [6, 6.07) is 3.78. The van der Waals surface area contributed by atoms with E-state index in [0.717, 1.165) is 16.8 Å². The lowest BCUT2D eigenvalue weighted by Crippen LogP contribution is -2.06. The van der Waals surface area contributed by atoms with Crippen molar-refractivity contribution in [3.05, 3.63) is 59.8 Å². The van der Waals surface area contributed by atoms with Gasteiger partial charge in [-0.05, 0) is 26.0 Å². The standard InChI is InChI=1S/C16H15FN6/c1-10-5-13(3-4-18-10)15-19-6-12(7-20-15)8-21-16-14(17)11(2)22-9-23-16/h3-7,9H,8H2,1-2H3,(H,21,22,23). The van der Waals surface area contributed by atoms with Crippen molar-refractivity contribution in [2.24, 2.45) is 0 Å². The summed E-state index contributed by atoms with van der Waals surface area (Å²) in [7, 11) is 0. The average molecular weight is 310 g/mol. The fourth-order valence-corrected chi connectivity index (χ4v) is 2.05. The number of nitrogens with one attached hydrogen (secondary N) is 1. The summed E-state index contributed by atoms with van der Waals surface area (Å²) in [5.41, 5.74) is 2.96. The number of anilines is 1. The summed E-state index contributed by atoms with van der Waals surface area (Å²) >= 11 is 0. The molecule has 0 aliphatic rings. The van der Waals surface area contributed by atoms with Crippen LogP contribution in [-0.4, -0.2) is 24.9 Å². The molecule has 6 nitrogen and oxygen atoms in total. The maximum atomic E-state index is 13.8. The monoisotopic (exact) mass is 310 g/mol. The maximum absolute atomic E-state index is 13.8. The lowest BCUT2D eigenvalue weighted by molar-refractivity contribution is 0.604. The number of halogens is 1. The van der Waals surface area contributed by atoms with Gasteiger partial charge >= 0.3 is 0 Å². The molecule has 0 amide bonds. The predicted molar refractivity (Wildman–Crippen MR) is 84.1 cm³/mol. The largest absolute Gasteiger partial charge is 0.363 e. The Morgan fingerprint density at radius 2 is 1.83 bits per heavy atom. The van der Waals surface area contributed by atoms with Crippen molar-refractivity contribution in [1.82, 2.24) is 24.9 Å². The molecule has 3 aromatic rings. The predicted octanol–water partition coefficient (Wildman–Crippen LogP) is 2.70. The van der Waals surface area contributed by atoms with Gasteiger partial charge in [0.25, 0.3) is 0 Å². The van der Waals surface area contributed by atoms with E-state index in [1.54, 1.807) is 25.5 Å². The molecule has 116 valence electrons. The van der Waals surface area contributed by atoms with Gasteiger partial charge in [0.1, 0.15) is 6.33 Å². The Kier molecular flexibility index (Phi) is 4.18. The van der Waals surface area contributed by atoms with Crippen molar-refractivity contribution < 1.29 is 4.39 Å². The Morgan fingerprint density at radius 1 is 1.04 bits per heavy atom. The maximum Gasteiger partial charge on any atom is 0.186 e. The highest BCUT2D eigenvalue weighted by molar-refractivity contribution is 5.54. The number of hydrogen-bond donors (Lipinski definition) is 1. The van der Waals surface area contributed by atoms with Crippen LogP contribution in [0.3, 0.4) is 0 Å². The van der Waals surface area contributed by atoms with E-state index in [-0.39, 0.29) is 5.82 Å². The minimum absolute atomic E-state index is 0.173. The smallest absolute Gasteiger partial charge is 0.186 e. The second-order valence-corrected chi connectivity index (χ2v) is 5.08. The number of rotatable bonds is 4. The lowest BCUT2D eigenvalue weighted by atomic mass is 10.2. The summed E-state index contributed by atoms with van der Waals surface area (Å²) in [6.45, 7) is 3.89. The van der Waals surface area contributed by atoms with Gasteiger partial charge in [-0.1, -0.05) is 0 Å². The van der Waals surface area contributed by atoms with E-state index in [1.165, 1.54) is 6.33 Å². The molecule has 0 radical (unpaired) electrons. The van der Waals surface area contributed by atoms with Gasteiger partial charge in [-0.3, -0.25) is 4.98 Å². The SMILES string of the molecule is Cc1cc(-c2ncc(CNc3ncnc(C)c3F)cn2)ccn1. The summed E-state index contributed by atoms with van der Waals surface area (Å²) < 4.78 is 13.8. The zero-order valence-corrected chi connectivity index (χ0v) is 12.8. The van der Waals surface area contributed by atoms with Crippen molar-refractivity contribution in [3.63, 3.8) is 0 Å². The summed E-state index contributed by atoms with van der Waals surface area (Å²) in [6.07, 6.45) is 6.46. The molecule has 0 bridgehead atoms. The lowest BCUT2D eigenvalue weighted by Gasteiger charge is -2.07. The van der Waals surface area contributed by atoms with Gasteiger partial charge in [-0.25, -0.2) is 24.3 Å². The van der Waals surface area contributed by atoms with E-state index in [4.69, 9.17) is 0 Å². The Balaban J connectivity index is 1.72. The Morgan fingerprint density at radius 3 is 2.57 bits per heavy atom. The molecule has 0 aliphatic heterocycles. The first-order valence-electron chi connectivity index (χ1n) is 7.08. The molecule has 0 saturated carbocycles. The number of pyridine rings is 1. The van der Waals surface area contributed by atoms with E-state index in [0.29, 0.717) is 18.1 Å². The zero-order valence-electron chi connectivity index (χ0n) is 12.8. The van der Waals surface area contributed by atoms with Crippen LogP contribution in [0.25, 0.3) is 11.4 Å². The fourth-order valence-electron chi connectivity index (χ4n) is 2.05. The van der Waals surface area contributed by atoms with Crippen LogP contribution < -0.4 is 5.32 Å². The van der Waals surface area contributed by atoms with Crippen LogP contribution in [-0.2, 0) is 6.54 Å². The average Bonchev–Trinajstić information content (AvgIpc) is 2.57. The van der Waals surface area contributed by atoms with Crippen molar-refractivity contribution in [2.75, 3.05) is 5.32 Å². The molecule has 0 unspecified atom stereocenters. The molecular weight excluding hydrogens is 295 g/mol. The van der Waals surface area contributed by atoms with Gasteiger partial charge in [0.2, 0.25) is 0 Å². The van der Waals surface area contributed by atoms with Crippen LogP contribution in [0.2, 0.25) is 0 Å². The van der Waals surface area contributed by atoms with E-state index < -0.39 is 5.82 Å². The highest BCUT2D eigenvalue weighted by Crippen LogP contribution is 2.16. The van der Waals surface area contributed by atoms with Crippen LogP contribution >= 0.6 is 0 Å². The molecule has 0 atom stereocenters. The van der Waals surface area contributed by atoms with E-state index in [9.17, 15) is 4.39 Å². The topological polar surface area (TPSA) is 76.5 Å². The third kappa shape index (κ3) is 3.45. The molecule has 0 saturated heterocycles. The first-order valence-corrected chi connectivity index (χ1v) is 7.08. The minimum atomic E-state index is -0.447. The van der Waals surface area contributed by atoms with E-state index >= 15 is 0 Å². The molecule has 7 heteroatoms. The molecule has 23 heavy (non-hydrogen) atoms. The molecule has 3 heterocycles. The van der Waals surface area contributed by atoms with Crippen LogP contribution in [0, 0.1) is 19.7 Å². The molecule has 0 spiro atoms. The van der Waals surface area contributed by atoms with Gasteiger partial charge < -0.3 is 5.32 Å². The summed E-state index contributed by atoms with van der Waals surface area (Å²) in [4.78, 5) is 20.5. The van der Waals surface area contributed by atoms with Gasteiger partial charge in [-0.15, -0.1) is 0 Å². The Labute approximate surface area is 132 Å². The molecule has 1 N–H and O–H groups in total. The van der Waals surface area contributed by atoms with Crippen molar-refractivity contribution in [3.8, 4) is 11.4 Å². The van der Waals surface area contributed by atoms with Gasteiger partial charge in [0, 0.05) is 42.0 Å². The third-order valence-electron chi connectivity index (χ3n) is 3.28. The normalized spacial score (nSPS) is 10.6. The highest BCUT2D eigenvalue weighted by atomic mass is 19.1. The van der Waals surface area contributed by atoms with Crippen LogP contribution in [0.15, 0.2) is 37.1 Å². The number of aryl methyl sites for hydroxylation is 2. The highest BCUT2D eigenvalue weighted by Gasteiger charge is 2.07. The first kappa shape index (κ1) is 15.0. The zero-order chi connectivity index (χ0) is 16.2.